The average Bonchev–Trinajstić information content (AvgIpc) is 2.46. The Balaban J connectivity index is 2.19. The van der Waals surface area contributed by atoms with E-state index >= 15 is 0 Å². The van der Waals surface area contributed by atoms with Gasteiger partial charge in [0.15, 0.2) is 6.10 Å². The number of halogens is 1. The molecule has 108 valence electrons. The molecule has 9 heteroatoms. The number of carbonyl (C=O) groups excluding carboxylic acids is 1. The van der Waals surface area contributed by atoms with Gasteiger partial charge in [-0.05, 0) is 15.9 Å². The van der Waals surface area contributed by atoms with E-state index in [0.717, 1.165) is 0 Å². The van der Waals surface area contributed by atoms with Gasteiger partial charge in [-0.15, -0.1) is 0 Å². The topological polar surface area (TPSA) is 94.8 Å². The maximum atomic E-state index is 11.5. The number of carbonyl (C=O) groups is 1. The molecule has 0 amide bonds. The van der Waals surface area contributed by atoms with Crippen molar-refractivity contribution in [3.8, 4) is 0 Å². The molecule has 0 bridgehead atoms. The normalized spacial score (nSPS) is 18.7. The Morgan fingerprint density at radius 1 is 1.70 bits per heavy atom. The molecule has 1 atom stereocenters. The number of hydrogen-bond acceptors (Lipinski definition) is 7. The fraction of sp³-hybridized carbons (Fsp3) is 0.455. The molecule has 1 fully saturated rings. The highest BCUT2D eigenvalue weighted by molar-refractivity contribution is 9.10. The first-order valence-electron chi connectivity index (χ1n) is 5.77. The predicted molar refractivity (Wildman–Crippen MR) is 72.6 cm³/mol. The van der Waals surface area contributed by atoms with Gasteiger partial charge in [0.25, 0.3) is 5.69 Å². The van der Waals surface area contributed by atoms with Crippen LogP contribution in [0.4, 0.5) is 11.5 Å². The lowest BCUT2D eigenvalue weighted by molar-refractivity contribution is -0.385. The van der Waals surface area contributed by atoms with Crippen LogP contribution < -0.4 is 4.90 Å². The summed E-state index contributed by atoms with van der Waals surface area (Å²) in [5.74, 6) is 0.0838. The SMILES string of the molecule is COC(=O)C1CN(c2ncc([N+](=O)[O-])cc2Br)CCO1. The summed E-state index contributed by atoms with van der Waals surface area (Å²) >= 11 is 3.26. The molecule has 0 aliphatic carbocycles. The van der Waals surface area contributed by atoms with Crippen molar-refractivity contribution in [3.05, 3.63) is 26.9 Å². The van der Waals surface area contributed by atoms with Crippen LogP contribution in [0.25, 0.3) is 0 Å². The largest absolute Gasteiger partial charge is 0.467 e. The number of pyridine rings is 1. The Labute approximate surface area is 123 Å². The first-order chi connectivity index (χ1) is 9.52. The van der Waals surface area contributed by atoms with Gasteiger partial charge in [0.05, 0.1) is 29.7 Å². The summed E-state index contributed by atoms with van der Waals surface area (Å²) < 4.78 is 10.5. The third kappa shape index (κ3) is 3.05. The van der Waals surface area contributed by atoms with Crippen LogP contribution in [0.3, 0.4) is 0 Å². The van der Waals surface area contributed by atoms with Crippen molar-refractivity contribution in [2.24, 2.45) is 0 Å². The number of ether oxygens (including phenoxy) is 2. The Morgan fingerprint density at radius 3 is 3.05 bits per heavy atom. The second-order valence-electron chi connectivity index (χ2n) is 4.08. The second kappa shape index (κ2) is 6.14. The van der Waals surface area contributed by atoms with Gasteiger partial charge in [-0.25, -0.2) is 9.78 Å². The van der Waals surface area contributed by atoms with E-state index in [-0.39, 0.29) is 12.2 Å². The molecule has 20 heavy (non-hydrogen) atoms. The third-order valence-electron chi connectivity index (χ3n) is 2.85. The predicted octanol–water partition coefficient (Wildman–Crippen LogP) is 1.13. The number of aromatic nitrogens is 1. The van der Waals surface area contributed by atoms with E-state index in [2.05, 4.69) is 25.7 Å². The number of anilines is 1. The van der Waals surface area contributed by atoms with Gasteiger partial charge in [0.1, 0.15) is 12.0 Å². The summed E-state index contributed by atoms with van der Waals surface area (Å²) in [4.78, 5) is 27.5. The standard InChI is InChI=1S/C11H12BrN3O5/c1-19-11(16)9-6-14(2-3-20-9)10-8(12)4-7(5-13-10)15(17)18/h4-5,9H,2-3,6H2,1H3. The number of rotatable bonds is 3. The van der Waals surface area contributed by atoms with E-state index < -0.39 is 17.0 Å². The lowest BCUT2D eigenvalue weighted by Gasteiger charge is -2.32. The second-order valence-corrected chi connectivity index (χ2v) is 4.94. The highest BCUT2D eigenvalue weighted by Gasteiger charge is 2.29. The van der Waals surface area contributed by atoms with Crippen molar-refractivity contribution in [1.29, 1.82) is 0 Å². The monoisotopic (exact) mass is 345 g/mol. The van der Waals surface area contributed by atoms with E-state index in [1.165, 1.54) is 19.4 Å². The molecule has 1 aromatic rings. The molecule has 0 radical (unpaired) electrons. The molecule has 1 aliphatic rings. The van der Waals surface area contributed by atoms with Gasteiger partial charge in [-0.1, -0.05) is 0 Å². The summed E-state index contributed by atoms with van der Waals surface area (Å²) in [7, 11) is 1.30. The van der Waals surface area contributed by atoms with Crippen molar-refractivity contribution in [2.45, 2.75) is 6.10 Å². The molecule has 0 spiro atoms. The molecular formula is C11H12BrN3O5. The number of morpholine rings is 1. The Morgan fingerprint density at radius 2 is 2.45 bits per heavy atom. The molecule has 1 aromatic heterocycles. The average molecular weight is 346 g/mol. The molecule has 2 heterocycles. The van der Waals surface area contributed by atoms with E-state index in [4.69, 9.17) is 4.74 Å². The van der Waals surface area contributed by atoms with Crippen molar-refractivity contribution < 1.29 is 19.2 Å². The molecule has 2 rings (SSSR count). The summed E-state index contributed by atoms with van der Waals surface area (Å²) in [6.45, 7) is 1.18. The zero-order chi connectivity index (χ0) is 14.7. The molecule has 8 nitrogen and oxygen atoms in total. The summed E-state index contributed by atoms with van der Waals surface area (Å²) in [6, 6.07) is 1.38. The van der Waals surface area contributed by atoms with Crippen LogP contribution >= 0.6 is 15.9 Å². The van der Waals surface area contributed by atoms with E-state index in [9.17, 15) is 14.9 Å². The fourth-order valence-corrected chi connectivity index (χ4v) is 2.46. The van der Waals surface area contributed by atoms with Crippen LogP contribution in [0.15, 0.2) is 16.7 Å². The summed E-state index contributed by atoms with van der Waals surface area (Å²) in [5, 5.41) is 10.7. The van der Waals surface area contributed by atoms with Crippen LogP contribution in [0.1, 0.15) is 0 Å². The van der Waals surface area contributed by atoms with Crippen molar-refractivity contribution >= 4 is 33.4 Å². The zero-order valence-corrected chi connectivity index (χ0v) is 12.2. The Bertz CT molecular complexity index is 539. The minimum absolute atomic E-state index is 0.0987. The van der Waals surface area contributed by atoms with Gasteiger partial charge < -0.3 is 14.4 Å². The van der Waals surface area contributed by atoms with Gasteiger partial charge >= 0.3 is 5.97 Å². The fourth-order valence-electron chi connectivity index (χ4n) is 1.87. The highest BCUT2D eigenvalue weighted by atomic mass is 79.9. The van der Waals surface area contributed by atoms with Gasteiger partial charge in [0.2, 0.25) is 0 Å². The first-order valence-corrected chi connectivity index (χ1v) is 6.56. The molecule has 0 N–H and O–H groups in total. The van der Waals surface area contributed by atoms with Gasteiger partial charge in [0, 0.05) is 12.6 Å². The maximum absolute atomic E-state index is 11.5. The lowest BCUT2D eigenvalue weighted by Crippen LogP contribution is -2.47. The molecule has 1 unspecified atom stereocenters. The molecule has 1 aliphatic heterocycles. The van der Waals surface area contributed by atoms with Crippen LogP contribution in [-0.4, -0.2) is 48.8 Å². The van der Waals surface area contributed by atoms with Gasteiger partial charge in [-0.2, -0.15) is 0 Å². The highest BCUT2D eigenvalue weighted by Crippen LogP contribution is 2.28. The summed E-state index contributed by atoms with van der Waals surface area (Å²) in [5.41, 5.74) is -0.0987. The number of esters is 1. The smallest absolute Gasteiger partial charge is 0.336 e. The summed E-state index contributed by atoms with van der Waals surface area (Å²) in [6.07, 6.45) is 0.501. The first kappa shape index (κ1) is 14.7. The van der Waals surface area contributed by atoms with Crippen molar-refractivity contribution in [2.75, 3.05) is 31.7 Å². The minimum atomic E-state index is -0.683. The molecule has 0 saturated carbocycles. The van der Waals surface area contributed by atoms with Crippen LogP contribution in [0.2, 0.25) is 0 Å². The van der Waals surface area contributed by atoms with E-state index in [1.54, 1.807) is 0 Å². The Kier molecular flexibility index (Phi) is 4.50. The third-order valence-corrected chi connectivity index (χ3v) is 3.43. The van der Waals surface area contributed by atoms with Crippen molar-refractivity contribution in [1.82, 2.24) is 4.98 Å². The number of hydrogen-bond donors (Lipinski definition) is 0. The number of methoxy groups -OCH3 is 1. The maximum Gasteiger partial charge on any atom is 0.336 e. The number of nitrogens with zero attached hydrogens (tertiary/aromatic N) is 3. The zero-order valence-electron chi connectivity index (χ0n) is 10.6. The van der Waals surface area contributed by atoms with E-state index in [0.29, 0.717) is 23.4 Å². The molecule has 1 saturated heterocycles. The van der Waals surface area contributed by atoms with Gasteiger partial charge in [-0.3, -0.25) is 10.1 Å². The Hall–Kier alpha value is -1.74. The lowest BCUT2D eigenvalue weighted by atomic mass is 10.2. The van der Waals surface area contributed by atoms with Crippen LogP contribution in [0, 0.1) is 10.1 Å². The molecular weight excluding hydrogens is 334 g/mol. The van der Waals surface area contributed by atoms with Crippen LogP contribution in [0.5, 0.6) is 0 Å². The van der Waals surface area contributed by atoms with Crippen LogP contribution in [-0.2, 0) is 14.3 Å². The minimum Gasteiger partial charge on any atom is -0.467 e. The van der Waals surface area contributed by atoms with E-state index in [1.807, 2.05) is 4.90 Å². The quantitative estimate of drug-likeness (QED) is 0.460. The number of nitro groups is 1. The van der Waals surface area contributed by atoms with Crippen molar-refractivity contribution in [3.63, 3.8) is 0 Å². The molecule has 0 aromatic carbocycles.